The van der Waals surface area contributed by atoms with Gasteiger partial charge in [0.1, 0.15) is 17.6 Å². The molecule has 2 heterocycles. The second kappa shape index (κ2) is 8.21. The summed E-state index contributed by atoms with van der Waals surface area (Å²) < 4.78 is 7.36. The van der Waals surface area contributed by atoms with Crippen LogP contribution in [0.15, 0.2) is 47.2 Å². The smallest absolute Gasteiger partial charge is 0.167 e. The number of nitrogens with zero attached hydrogens (tertiary/aromatic N) is 3. The molecule has 1 saturated carbocycles. The lowest BCUT2D eigenvalue weighted by molar-refractivity contribution is 0.0666. The summed E-state index contributed by atoms with van der Waals surface area (Å²) in [6.45, 7) is 1.96. The topological polar surface area (TPSA) is 110 Å². The molecular weight excluding hydrogens is 368 g/mol. The number of aliphatic hydroxyl groups excluding tert-OH is 2. The molecule has 1 fully saturated rings. The Morgan fingerprint density at radius 2 is 2.07 bits per heavy atom. The van der Waals surface area contributed by atoms with Crippen LogP contribution in [0, 0.1) is 17.8 Å². The molecule has 7 heteroatoms. The monoisotopic (exact) mass is 392 g/mol. The second-order valence-corrected chi connectivity index (χ2v) is 7.41. The fraction of sp³-hybridized carbons (Fsp3) is 0.364. The van der Waals surface area contributed by atoms with Crippen LogP contribution in [0.1, 0.15) is 49.0 Å². The maximum absolute atomic E-state index is 9.91. The van der Waals surface area contributed by atoms with Crippen molar-refractivity contribution in [2.24, 2.45) is 11.7 Å². The highest BCUT2D eigenvalue weighted by Crippen LogP contribution is 2.28. The third kappa shape index (κ3) is 4.10. The van der Waals surface area contributed by atoms with Gasteiger partial charge in [0.2, 0.25) is 0 Å². The molecule has 0 bridgehead atoms. The molecule has 2 atom stereocenters. The van der Waals surface area contributed by atoms with Gasteiger partial charge < -0.3 is 25.0 Å². The van der Waals surface area contributed by atoms with E-state index in [0.29, 0.717) is 29.7 Å². The normalized spacial score (nSPS) is 20.4. The molecule has 0 amide bonds. The van der Waals surface area contributed by atoms with Crippen molar-refractivity contribution in [3.63, 3.8) is 0 Å². The second-order valence-electron chi connectivity index (χ2n) is 7.41. The molecule has 150 valence electrons. The zero-order valence-corrected chi connectivity index (χ0v) is 16.2. The van der Waals surface area contributed by atoms with Gasteiger partial charge in [-0.3, -0.25) is 0 Å². The van der Waals surface area contributed by atoms with Crippen molar-refractivity contribution in [2.75, 3.05) is 6.54 Å². The first kappa shape index (κ1) is 19.4. The number of hydrogen-bond donors (Lipinski definition) is 3. The van der Waals surface area contributed by atoms with Crippen molar-refractivity contribution in [2.45, 2.75) is 38.0 Å². The average molecular weight is 392 g/mol. The van der Waals surface area contributed by atoms with Crippen molar-refractivity contribution < 1.29 is 14.7 Å². The highest BCUT2D eigenvalue weighted by Gasteiger charge is 2.25. The minimum atomic E-state index is -0.706. The van der Waals surface area contributed by atoms with Crippen LogP contribution in [0.25, 0.3) is 11.3 Å². The van der Waals surface area contributed by atoms with E-state index in [-0.39, 0.29) is 12.1 Å². The molecule has 1 aromatic carbocycles. The lowest BCUT2D eigenvalue weighted by Gasteiger charge is -2.26. The van der Waals surface area contributed by atoms with Gasteiger partial charge in [-0.25, -0.2) is 4.98 Å². The first-order valence-corrected chi connectivity index (χ1v) is 9.72. The fourth-order valence-electron chi connectivity index (χ4n) is 3.48. The molecule has 1 aliphatic carbocycles. The van der Waals surface area contributed by atoms with E-state index in [0.717, 1.165) is 24.0 Å². The van der Waals surface area contributed by atoms with Crippen molar-refractivity contribution >= 4 is 0 Å². The maximum Gasteiger partial charge on any atom is 0.167 e. The number of nitrogens with two attached hydrogens (primary N) is 1. The standard InChI is InChI=1S/C22H24N4O3/c1-14(27)22-24-8-9-26(22)20(13-23)19-12-21(29-25-19)17-6-4-15(5-7-17)2-3-16-10-18(28)11-16/h4-9,12,14,16,18,20,27-28H,10-11,13,23H2,1H3/t14-,16?,18?,20+/m0/s1. The quantitative estimate of drug-likeness (QED) is 0.575. The van der Waals surface area contributed by atoms with Gasteiger partial charge in [0, 0.05) is 42.0 Å². The minimum absolute atomic E-state index is 0.186. The Balaban J connectivity index is 1.51. The van der Waals surface area contributed by atoms with Crippen LogP contribution in [0.5, 0.6) is 0 Å². The number of hydrogen-bond acceptors (Lipinski definition) is 6. The number of imidazole rings is 1. The van der Waals surface area contributed by atoms with Crippen LogP contribution in [0.3, 0.4) is 0 Å². The molecule has 1 aliphatic rings. The molecule has 0 unspecified atom stereocenters. The number of rotatable bonds is 5. The van der Waals surface area contributed by atoms with E-state index in [4.69, 9.17) is 10.3 Å². The predicted molar refractivity (Wildman–Crippen MR) is 108 cm³/mol. The van der Waals surface area contributed by atoms with E-state index >= 15 is 0 Å². The van der Waals surface area contributed by atoms with E-state index in [9.17, 15) is 10.2 Å². The van der Waals surface area contributed by atoms with Gasteiger partial charge in [-0.1, -0.05) is 17.0 Å². The van der Waals surface area contributed by atoms with Crippen molar-refractivity contribution in [1.29, 1.82) is 0 Å². The van der Waals surface area contributed by atoms with Crippen LogP contribution in [-0.2, 0) is 0 Å². The zero-order chi connectivity index (χ0) is 20.4. The van der Waals surface area contributed by atoms with Gasteiger partial charge in [-0.05, 0) is 44.0 Å². The summed E-state index contributed by atoms with van der Waals surface area (Å²) in [7, 11) is 0. The third-order valence-electron chi connectivity index (χ3n) is 5.20. The molecule has 0 radical (unpaired) electrons. The summed E-state index contributed by atoms with van der Waals surface area (Å²) >= 11 is 0. The molecular formula is C22H24N4O3. The highest BCUT2D eigenvalue weighted by molar-refractivity contribution is 5.59. The minimum Gasteiger partial charge on any atom is -0.393 e. The lowest BCUT2D eigenvalue weighted by atomic mass is 9.83. The molecule has 0 saturated heterocycles. The maximum atomic E-state index is 9.91. The Morgan fingerprint density at radius 1 is 1.31 bits per heavy atom. The molecule has 7 nitrogen and oxygen atoms in total. The van der Waals surface area contributed by atoms with Gasteiger partial charge in [0.05, 0.1) is 12.1 Å². The first-order valence-electron chi connectivity index (χ1n) is 9.72. The molecule has 0 aliphatic heterocycles. The van der Waals surface area contributed by atoms with Crippen molar-refractivity contribution in [3.05, 3.63) is 59.8 Å². The summed E-state index contributed by atoms with van der Waals surface area (Å²) in [5.74, 6) is 7.82. The van der Waals surface area contributed by atoms with Crippen LogP contribution in [-0.4, -0.2) is 37.6 Å². The molecule has 4 N–H and O–H groups in total. The predicted octanol–water partition coefficient (Wildman–Crippen LogP) is 2.26. The van der Waals surface area contributed by atoms with Gasteiger partial charge in [0.25, 0.3) is 0 Å². The summed E-state index contributed by atoms with van der Waals surface area (Å²) in [4.78, 5) is 4.20. The van der Waals surface area contributed by atoms with Crippen molar-refractivity contribution in [3.8, 4) is 23.2 Å². The number of benzene rings is 1. The Bertz CT molecular complexity index is 1020. The largest absolute Gasteiger partial charge is 0.393 e. The van der Waals surface area contributed by atoms with Crippen LogP contribution < -0.4 is 5.73 Å². The van der Waals surface area contributed by atoms with Crippen LogP contribution in [0.2, 0.25) is 0 Å². The van der Waals surface area contributed by atoms with Gasteiger partial charge in [0.15, 0.2) is 5.76 Å². The van der Waals surface area contributed by atoms with E-state index < -0.39 is 6.10 Å². The molecule has 4 rings (SSSR count). The summed E-state index contributed by atoms with van der Waals surface area (Å²) in [5, 5.41) is 23.4. The third-order valence-corrected chi connectivity index (χ3v) is 5.20. The Kier molecular flexibility index (Phi) is 5.49. The summed E-state index contributed by atoms with van der Waals surface area (Å²) in [6.07, 6.45) is 4.05. The molecule has 29 heavy (non-hydrogen) atoms. The SMILES string of the molecule is C[C@H](O)c1nccn1[C@H](CN)c1cc(-c2ccc(C#CC3CC(O)C3)cc2)on1. The van der Waals surface area contributed by atoms with Crippen molar-refractivity contribution in [1.82, 2.24) is 14.7 Å². The first-order chi connectivity index (χ1) is 14.0. The number of aromatic nitrogens is 3. The number of aliphatic hydroxyl groups is 2. The fourth-order valence-corrected chi connectivity index (χ4v) is 3.48. The van der Waals surface area contributed by atoms with E-state index in [1.165, 1.54) is 0 Å². The van der Waals surface area contributed by atoms with Gasteiger partial charge in [-0.2, -0.15) is 0 Å². The summed E-state index contributed by atoms with van der Waals surface area (Å²) in [6, 6.07) is 9.37. The van der Waals surface area contributed by atoms with Crippen LogP contribution >= 0.6 is 0 Å². The molecule has 2 aromatic heterocycles. The lowest BCUT2D eigenvalue weighted by Crippen LogP contribution is -2.26. The molecule has 0 spiro atoms. The summed E-state index contributed by atoms with van der Waals surface area (Å²) in [5.41, 5.74) is 8.47. The Labute approximate surface area is 169 Å². The average Bonchev–Trinajstić information content (AvgIpc) is 3.36. The Hall–Kier alpha value is -2.92. The zero-order valence-electron chi connectivity index (χ0n) is 16.2. The van der Waals surface area contributed by atoms with Gasteiger partial charge in [-0.15, -0.1) is 0 Å². The Morgan fingerprint density at radius 3 is 2.72 bits per heavy atom. The molecule has 3 aromatic rings. The van der Waals surface area contributed by atoms with Crippen LogP contribution in [0.4, 0.5) is 0 Å². The van der Waals surface area contributed by atoms with E-state index in [1.54, 1.807) is 19.3 Å². The van der Waals surface area contributed by atoms with E-state index in [2.05, 4.69) is 22.0 Å². The highest BCUT2D eigenvalue weighted by atomic mass is 16.5. The van der Waals surface area contributed by atoms with E-state index in [1.807, 2.05) is 34.9 Å². The van der Waals surface area contributed by atoms with Gasteiger partial charge >= 0.3 is 0 Å².